The Balaban J connectivity index is 3.22. The molecule has 0 heterocycles. The van der Waals surface area contributed by atoms with E-state index in [1.54, 1.807) is 13.8 Å². The van der Waals surface area contributed by atoms with Crippen LogP contribution in [0.1, 0.15) is 13.8 Å². The fourth-order valence-corrected chi connectivity index (χ4v) is 4.07. The van der Waals surface area contributed by atoms with Crippen molar-refractivity contribution in [2.45, 2.75) is 23.6 Å². The minimum atomic E-state index is -3.56. The van der Waals surface area contributed by atoms with E-state index in [0.29, 0.717) is 13.1 Å². The van der Waals surface area contributed by atoms with Crippen molar-refractivity contribution in [3.63, 3.8) is 0 Å². The minimum absolute atomic E-state index is 0.0704. The van der Waals surface area contributed by atoms with Gasteiger partial charge in [-0.3, -0.25) is 0 Å². The maximum Gasteiger partial charge on any atom is 0.243 e. The van der Waals surface area contributed by atoms with Gasteiger partial charge in [-0.25, -0.2) is 21.1 Å². The average Bonchev–Trinajstić information content (AvgIpc) is 2.39. The zero-order chi connectivity index (χ0) is 15.6. The second-order valence-electron chi connectivity index (χ2n) is 4.35. The molecule has 0 aliphatic rings. The second-order valence-corrected chi connectivity index (χ2v) is 8.44. The number of nitrogens with zero attached hydrogens (tertiary/aromatic N) is 2. The van der Waals surface area contributed by atoms with Crippen LogP contribution in [0.2, 0.25) is 0 Å². The molecule has 0 radical (unpaired) electrons. The van der Waals surface area contributed by atoms with Gasteiger partial charge in [-0.05, 0) is 24.3 Å². The molecule has 0 unspecified atom stereocenters. The molecule has 8 heteroatoms. The predicted octanol–water partition coefficient (Wildman–Crippen LogP) is 0.967. The molecule has 0 aromatic heterocycles. The normalized spacial score (nSPS) is 13.1. The third-order valence-electron chi connectivity index (χ3n) is 2.95. The highest BCUT2D eigenvalue weighted by Gasteiger charge is 2.23. The Morgan fingerprint density at radius 2 is 1.15 bits per heavy atom. The molecule has 0 atom stereocenters. The molecule has 0 fully saturated rings. The summed E-state index contributed by atoms with van der Waals surface area (Å²) in [6, 6.07) is 5.27. The summed E-state index contributed by atoms with van der Waals surface area (Å²) in [5.74, 6) is 0. The van der Waals surface area contributed by atoms with Crippen LogP contribution in [0.3, 0.4) is 0 Å². The molecule has 0 aliphatic heterocycles. The molecule has 1 aromatic carbocycles. The molecule has 20 heavy (non-hydrogen) atoms. The maximum absolute atomic E-state index is 12.3. The van der Waals surface area contributed by atoms with Crippen LogP contribution in [-0.2, 0) is 20.0 Å². The molecule has 1 aromatic rings. The number of benzene rings is 1. The maximum atomic E-state index is 12.3. The van der Waals surface area contributed by atoms with Gasteiger partial charge in [0.25, 0.3) is 0 Å². The van der Waals surface area contributed by atoms with E-state index in [2.05, 4.69) is 0 Å². The van der Waals surface area contributed by atoms with Gasteiger partial charge in [0.1, 0.15) is 0 Å². The summed E-state index contributed by atoms with van der Waals surface area (Å²) in [5, 5.41) is 0. The number of hydrogen-bond acceptors (Lipinski definition) is 4. The van der Waals surface area contributed by atoms with Gasteiger partial charge in [0.2, 0.25) is 20.0 Å². The Morgan fingerprint density at radius 3 is 1.45 bits per heavy atom. The van der Waals surface area contributed by atoms with Gasteiger partial charge in [0.05, 0.1) is 9.79 Å². The first-order valence-electron chi connectivity index (χ1n) is 6.20. The zero-order valence-corrected chi connectivity index (χ0v) is 13.7. The summed E-state index contributed by atoms with van der Waals surface area (Å²) in [6.45, 7) is 4.25. The van der Waals surface area contributed by atoms with Crippen LogP contribution in [-0.4, -0.2) is 52.6 Å². The molecule has 0 bridgehead atoms. The van der Waals surface area contributed by atoms with Crippen molar-refractivity contribution in [1.82, 2.24) is 8.61 Å². The van der Waals surface area contributed by atoms with E-state index >= 15 is 0 Å². The Labute approximate surface area is 121 Å². The molecule has 0 spiro atoms. The van der Waals surface area contributed by atoms with Crippen molar-refractivity contribution in [3.05, 3.63) is 24.3 Å². The molecule has 0 N–H and O–H groups in total. The van der Waals surface area contributed by atoms with E-state index < -0.39 is 20.0 Å². The Morgan fingerprint density at radius 1 is 0.800 bits per heavy atom. The van der Waals surface area contributed by atoms with Crippen molar-refractivity contribution >= 4 is 20.0 Å². The molecule has 114 valence electrons. The lowest BCUT2D eigenvalue weighted by molar-refractivity contribution is 0.445. The lowest BCUT2D eigenvalue weighted by atomic mass is 10.4. The highest BCUT2D eigenvalue weighted by molar-refractivity contribution is 7.89. The number of hydrogen-bond donors (Lipinski definition) is 0. The summed E-state index contributed by atoms with van der Waals surface area (Å²) in [4.78, 5) is 0.167. The van der Waals surface area contributed by atoms with E-state index in [1.807, 2.05) is 0 Å². The Bertz CT molecular complexity index is 645. The number of sulfonamides is 2. The van der Waals surface area contributed by atoms with Gasteiger partial charge in [-0.2, -0.15) is 4.31 Å². The van der Waals surface area contributed by atoms with E-state index in [9.17, 15) is 16.8 Å². The largest absolute Gasteiger partial charge is 0.243 e. The average molecular weight is 320 g/mol. The third kappa shape index (κ3) is 3.20. The van der Waals surface area contributed by atoms with Crippen molar-refractivity contribution < 1.29 is 16.8 Å². The van der Waals surface area contributed by atoms with Gasteiger partial charge < -0.3 is 0 Å². The SMILES string of the molecule is CCN(CC)S(=O)(=O)c1ccc(S(=O)(=O)N(C)C)cc1. The summed E-state index contributed by atoms with van der Waals surface area (Å²) in [7, 11) is -4.25. The second kappa shape index (κ2) is 6.21. The van der Waals surface area contributed by atoms with Gasteiger partial charge in [0.15, 0.2) is 0 Å². The summed E-state index contributed by atoms with van der Waals surface area (Å²) < 4.78 is 50.7. The molecule has 1 rings (SSSR count). The molecule has 0 amide bonds. The van der Waals surface area contributed by atoms with Crippen molar-refractivity contribution in [2.75, 3.05) is 27.2 Å². The molecule has 6 nitrogen and oxygen atoms in total. The first-order valence-corrected chi connectivity index (χ1v) is 9.08. The van der Waals surface area contributed by atoms with Crippen LogP contribution in [0.5, 0.6) is 0 Å². The topological polar surface area (TPSA) is 74.8 Å². The first kappa shape index (κ1) is 17.1. The summed E-state index contributed by atoms with van der Waals surface area (Å²) >= 11 is 0. The van der Waals surface area contributed by atoms with Crippen LogP contribution >= 0.6 is 0 Å². The quantitative estimate of drug-likeness (QED) is 0.782. The van der Waals surface area contributed by atoms with Crippen molar-refractivity contribution in [2.24, 2.45) is 0 Å². The van der Waals surface area contributed by atoms with Crippen LogP contribution in [0.4, 0.5) is 0 Å². The molecular formula is C12H20N2O4S2. The Kier molecular flexibility index (Phi) is 5.31. The van der Waals surface area contributed by atoms with E-state index in [0.717, 1.165) is 4.31 Å². The smallest absolute Gasteiger partial charge is 0.207 e. The first-order chi connectivity index (χ1) is 9.17. The highest BCUT2D eigenvalue weighted by Crippen LogP contribution is 2.19. The van der Waals surface area contributed by atoms with Gasteiger partial charge in [-0.15, -0.1) is 0 Å². The molecular weight excluding hydrogens is 300 g/mol. The zero-order valence-electron chi connectivity index (χ0n) is 12.1. The van der Waals surface area contributed by atoms with Crippen LogP contribution < -0.4 is 0 Å². The fraction of sp³-hybridized carbons (Fsp3) is 0.500. The van der Waals surface area contributed by atoms with E-state index in [4.69, 9.17) is 0 Å². The lowest BCUT2D eigenvalue weighted by Crippen LogP contribution is -2.30. The molecule has 0 aliphatic carbocycles. The standard InChI is InChI=1S/C12H20N2O4S2/c1-5-14(6-2)20(17,18)12-9-7-11(8-10-12)19(15,16)13(3)4/h7-10H,5-6H2,1-4H3. The highest BCUT2D eigenvalue weighted by atomic mass is 32.2. The molecule has 0 saturated carbocycles. The van der Waals surface area contributed by atoms with Crippen molar-refractivity contribution in [1.29, 1.82) is 0 Å². The van der Waals surface area contributed by atoms with Crippen molar-refractivity contribution in [3.8, 4) is 0 Å². The minimum Gasteiger partial charge on any atom is -0.207 e. The summed E-state index contributed by atoms with van der Waals surface area (Å²) in [5.41, 5.74) is 0. The van der Waals surface area contributed by atoms with Crippen LogP contribution in [0.25, 0.3) is 0 Å². The summed E-state index contributed by atoms with van der Waals surface area (Å²) in [6.07, 6.45) is 0. The Hall–Kier alpha value is -0.960. The van der Waals surface area contributed by atoms with Crippen LogP contribution in [0, 0.1) is 0 Å². The van der Waals surface area contributed by atoms with Gasteiger partial charge in [0, 0.05) is 27.2 Å². The fourth-order valence-electron chi connectivity index (χ4n) is 1.71. The lowest BCUT2D eigenvalue weighted by Gasteiger charge is -2.18. The third-order valence-corrected chi connectivity index (χ3v) is 6.84. The number of rotatable bonds is 6. The predicted molar refractivity (Wildman–Crippen MR) is 77.4 cm³/mol. The van der Waals surface area contributed by atoms with E-state index in [-0.39, 0.29) is 9.79 Å². The van der Waals surface area contributed by atoms with E-state index in [1.165, 1.54) is 42.7 Å². The van der Waals surface area contributed by atoms with Gasteiger partial charge in [-0.1, -0.05) is 13.8 Å². The molecule has 0 saturated heterocycles. The van der Waals surface area contributed by atoms with Crippen LogP contribution in [0.15, 0.2) is 34.1 Å². The monoisotopic (exact) mass is 320 g/mol. The van der Waals surface area contributed by atoms with Gasteiger partial charge >= 0.3 is 0 Å².